The largest absolute Gasteiger partial charge is 0.380 e. The molecule has 0 aliphatic heterocycles. The fourth-order valence-corrected chi connectivity index (χ4v) is 1.82. The van der Waals surface area contributed by atoms with Crippen molar-refractivity contribution in [2.24, 2.45) is 5.92 Å². The van der Waals surface area contributed by atoms with Gasteiger partial charge in [0.05, 0.1) is 11.5 Å². The second kappa shape index (κ2) is 7.91. The van der Waals surface area contributed by atoms with E-state index in [1.165, 1.54) is 12.1 Å². The van der Waals surface area contributed by atoms with Crippen LogP contribution in [-0.4, -0.2) is 24.2 Å². The van der Waals surface area contributed by atoms with Gasteiger partial charge in [0.15, 0.2) is 0 Å². The molecule has 20 heavy (non-hydrogen) atoms. The lowest BCUT2D eigenvalue weighted by Crippen LogP contribution is -2.37. The predicted octanol–water partition coefficient (Wildman–Crippen LogP) is 2.88. The molecule has 1 aromatic rings. The van der Waals surface area contributed by atoms with Crippen LogP contribution in [0.25, 0.3) is 0 Å². The minimum atomic E-state index is -0.774. The number of hydrogen-bond acceptors (Lipinski definition) is 4. The van der Waals surface area contributed by atoms with E-state index in [1.54, 1.807) is 6.07 Å². The summed E-state index contributed by atoms with van der Waals surface area (Å²) < 4.78 is 19.3. The summed E-state index contributed by atoms with van der Waals surface area (Å²) >= 11 is 0. The summed E-state index contributed by atoms with van der Waals surface area (Å²) in [5, 5.41) is 13.9. The maximum Gasteiger partial charge on any atom is 0.305 e. The third-order valence-corrected chi connectivity index (χ3v) is 3.12. The van der Waals surface area contributed by atoms with Crippen LogP contribution in [0.1, 0.15) is 26.3 Å². The van der Waals surface area contributed by atoms with E-state index >= 15 is 0 Å². The summed E-state index contributed by atoms with van der Waals surface area (Å²) in [5.41, 5.74) is -0.198. The quantitative estimate of drug-likeness (QED) is 0.589. The number of nitrogens with zero attached hydrogens (tertiary/aromatic N) is 1. The first kappa shape index (κ1) is 16.5. The highest BCUT2D eigenvalue weighted by Gasteiger charge is 2.19. The monoisotopic (exact) mass is 284 g/mol. The van der Waals surface area contributed by atoms with E-state index in [4.69, 9.17) is 4.74 Å². The highest BCUT2D eigenvalue weighted by atomic mass is 19.1. The fourth-order valence-electron chi connectivity index (χ4n) is 1.82. The Hall–Kier alpha value is -1.53. The predicted molar refractivity (Wildman–Crippen MR) is 75.0 cm³/mol. The van der Waals surface area contributed by atoms with Gasteiger partial charge in [-0.25, -0.2) is 0 Å². The Kier molecular flexibility index (Phi) is 6.54. The summed E-state index contributed by atoms with van der Waals surface area (Å²) in [6.07, 6.45) is 0. The van der Waals surface area contributed by atoms with Crippen molar-refractivity contribution in [2.45, 2.75) is 33.4 Å². The number of nitro groups is 1. The lowest BCUT2D eigenvalue weighted by molar-refractivity contribution is -0.387. The average molecular weight is 284 g/mol. The van der Waals surface area contributed by atoms with E-state index in [2.05, 4.69) is 5.32 Å². The van der Waals surface area contributed by atoms with Crippen molar-refractivity contribution in [3.8, 4) is 0 Å². The number of hydrogen-bond donors (Lipinski definition) is 1. The summed E-state index contributed by atoms with van der Waals surface area (Å²) in [5.74, 6) is -0.452. The molecule has 1 unspecified atom stereocenters. The highest BCUT2D eigenvalue weighted by Crippen LogP contribution is 2.20. The van der Waals surface area contributed by atoms with Crippen molar-refractivity contribution in [1.29, 1.82) is 0 Å². The Morgan fingerprint density at radius 2 is 2.15 bits per heavy atom. The molecule has 0 aliphatic rings. The number of nitrogens with one attached hydrogen (secondary N) is 1. The summed E-state index contributed by atoms with van der Waals surface area (Å²) in [7, 11) is 0. The fraction of sp³-hybridized carbons (Fsp3) is 0.571. The van der Waals surface area contributed by atoms with E-state index in [9.17, 15) is 14.5 Å². The molecule has 0 aromatic heterocycles. The van der Waals surface area contributed by atoms with Gasteiger partial charge in [-0.05, 0) is 12.8 Å². The molecule has 5 nitrogen and oxygen atoms in total. The average Bonchev–Trinajstić information content (AvgIpc) is 2.39. The maximum absolute atomic E-state index is 13.9. The number of benzene rings is 1. The van der Waals surface area contributed by atoms with Gasteiger partial charge in [-0.15, -0.1) is 0 Å². The topological polar surface area (TPSA) is 64.4 Å². The zero-order valence-corrected chi connectivity index (χ0v) is 12.1. The highest BCUT2D eigenvalue weighted by molar-refractivity contribution is 5.36. The Morgan fingerprint density at radius 3 is 2.70 bits per heavy atom. The van der Waals surface area contributed by atoms with Gasteiger partial charge >= 0.3 is 5.69 Å². The third kappa shape index (κ3) is 4.54. The molecule has 0 aliphatic carbocycles. The zero-order chi connectivity index (χ0) is 15.1. The molecule has 0 radical (unpaired) electrons. The first-order chi connectivity index (χ1) is 9.47. The van der Waals surface area contributed by atoms with Gasteiger partial charge in [0.2, 0.25) is 5.82 Å². The van der Waals surface area contributed by atoms with Crippen molar-refractivity contribution < 1.29 is 14.1 Å². The van der Waals surface area contributed by atoms with Gasteiger partial charge in [-0.1, -0.05) is 26.0 Å². The van der Waals surface area contributed by atoms with Crippen LogP contribution in [0.4, 0.5) is 10.1 Å². The number of halogens is 1. The molecule has 1 N–H and O–H groups in total. The number of nitro benzene ring substituents is 1. The Bertz CT molecular complexity index is 452. The van der Waals surface area contributed by atoms with Crippen molar-refractivity contribution in [1.82, 2.24) is 5.32 Å². The first-order valence-electron chi connectivity index (χ1n) is 6.70. The van der Waals surface area contributed by atoms with E-state index in [0.717, 1.165) is 0 Å². The molecule has 112 valence electrons. The second-order valence-corrected chi connectivity index (χ2v) is 4.90. The van der Waals surface area contributed by atoms with Crippen LogP contribution in [0.2, 0.25) is 0 Å². The number of ether oxygens (including phenoxy) is 1. The zero-order valence-electron chi connectivity index (χ0n) is 12.1. The molecule has 1 aromatic carbocycles. The van der Waals surface area contributed by atoms with Crippen LogP contribution in [0.15, 0.2) is 18.2 Å². The Morgan fingerprint density at radius 1 is 1.45 bits per heavy atom. The van der Waals surface area contributed by atoms with Gasteiger partial charge in [0, 0.05) is 30.8 Å². The molecular formula is C14H21FN2O3. The lowest BCUT2D eigenvalue weighted by Gasteiger charge is -2.22. The van der Waals surface area contributed by atoms with Gasteiger partial charge in [0.1, 0.15) is 0 Å². The van der Waals surface area contributed by atoms with Crippen LogP contribution in [0, 0.1) is 21.8 Å². The maximum atomic E-state index is 13.9. The summed E-state index contributed by atoms with van der Waals surface area (Å²) in [6, 6.07) is 4.28. The molecule has 1 atom stereocenters. The van der Waals surface area contributed by atoms with Gasteiger partial charge in [-0.2, -0.15) is 4.39 Å². The van der Waals surface area contributed by atoms with Crippen molar-refractivity contribution in [2.75, 3.05) is 13.2 Å². The molecule has 0 fully saturated rings. The normalized spacial score (nSPS) is 12.7. The first-order valence-corrected chi connectivity index (χ1v) is 6.70. The smallest absolute Gasteiger partial charge is 0.305 e. The minimum absolute atomic E-state index is 0.0774. The van der Waals surface area contributed by atoms with Gasteiger partial charge < -0.3 is 10.1 Å². The molecule has 0 amide bonds. The van der Waals surface area contributed by atoms with Crippen molar-refractivity contribution in [3.63, 3.8) is 0 Å². The van der Waals surface area contributed by atoms with Crippen LogP contribution >= 0.6 is 0 Å². The third-order valence-electron chi connectivity index (χ3n) is 3.12. The standard InChI is InChI=1S/C14H21FN2O3/c1-4-20-9-12(10(2)3)16-8-11-6-5-7-13(14(11)15)17(18)19/h5-7,10,12,16H,4,8-9H2,1-3H3. The molecule has 0 saturated carbocycles. The Balaban J connectivity index is 2.73. The summed E-state index contributed by atoms with van der Waals surface area (Å²) in [4.78, 5) is 9.98. The van der Waals surface area contributed by atoms with E-state index in [-0.39, 0.29) is 12.6 Å². The molecule has 6 heteroatoms. The Labute approximate surface area is 118 Å². The van der Waals surface area contributed by atoms with E-state index in [0.29, 0.717) is 24.7 Å². The minimum Gasteiger partial charge on any atom is -0.380 e. The molecular weight excluding hydrogens is 263 g/mol. The molecule has 0 bridgehead atoms. The van der Waals surface area contributed by atoms with Crippen LogP contribution in [0.3, 0.4) is 0 Å². The van der Waals surface area contributed by atoms with E-state index in [1.807, 2.05) is 20.8 Å². The number of rotatable bonds is 8. The molecule has 0 heterocycles. The SMILES string of the molecule is CCOCC(NCc1cccc([N+](=O)[O-])c1F)C(C)C. The second-order valence-electron chi connectivity index (χ2n) is 4.90. The lowest BCUT2D eigenvalue weighted by atomic mass is 10.0. The summed E-state index contributed by atoms with van der Waals surface area (Å²) in [6.45, 7) is 7.39. The molecule has 0 saturated heterocycles. The molecule has 1 rings (SSSR count). The van der Waals surface area contributed by atoms with Crippen LogP contribution in [0.5, 0.6) is 0 Å². The van der Waals surface area contributed by atoms with Gasteiger partial charge in [0.25, 0.3) is 0 Å². The van der Waals surface area contributed by atoms with Gasteiger partial charge in [-0.3, -0.25) is 10.1 Å². The van der Waals surface area contributed by atoms with Crippen molar-refractivity contribution in [3.05, 3.63) is 39.7 Å². The van der Waals surface area contributed by atoms with Crippen molar-refractivity contribution >= 4 is 5.69 Å². The van der Waals surface area contributed by atoms with Crippen LogP contribution < -0.4 is 5.32 Å². The molecule has 0 spiro atoms. The van der Waals surface area contributed by atoms with E-state index < -0.39 is 16.4 Å². The van der Waals surface area contributed by atoms with Crippen LogP contribution in [-0.2, 0) is 11.3 Å².